The smallest absolute Gasteiger partial charge is 0.119 e. The molecule has 0 saturated heterocycles. The molecule has 26 heavy (non-hydrogen) atoms. The first-order valence-corrected chi connectivity index (χ1v) is 11.8. The van der Waals surface area contributed by atoms with Crippen LogP contribution in [0.2, 0.25) is 0 Å². The highest BCUT2D eigenvalue weighted by molar-refractivity contribution is 8.76. The van der Waals surface area contributed by atoms with E-state index in [9.17, 15) is 10.2 Å². The molecule has 0 radical (unpaired) electrons. The summed E-state index contributed by atoms with van der Waals surface area (Å²) >= 11 is 0. The molecule has 0 aromatic heterocycles. The van der Waals surface area contributed by atoms with Crippen molar-refractivity contribution >= 4 is 21.6 Å². The first kappa shape index (κ1) is 21.0. The number of rotatable bonds is 11. The Hall–Kier alpha value is -1.26. The number of benzene rings is 2. The highest BCUT2D eigenvalue weighted by Gasteiger charge is 2.12. The standard InChI is InChI=1S/C22H30O2S2/c1-3-5-7-11-17-19(23)13-9-15-21(17)25-26-22-16-10-14-20(24)18(22)12-8-6-4-2/h9-10,13-16,23-24H,3-8,11-12H2,1-2H3. The molecule has 0 spiro atoms. The van der Waals surface area contributed by atoms with Gasteiger partial charge >= 0.3 is 0 Å². The van der Waals surface area contributed by atoms with Crippen molar-refractivity contribution in [3.63, 3.8) is 0 Å². The van der Waals surface area contributed by atoms with Gasteiger partial charge in [0.25, 0.3) is 0 Å². The Morgan fingerprint density at radius 3 is 1.46 bits per heavy atom. The Balaban J connectivity index is 2.11. The zero-order chi connectivity index (χ0) is 18.8. The summed E-state index contributed by atoms with van der Waals surface area (Å²) in [6.07, 6.45) is 8.73. The van der Waals surface area contributed by atoms with E-state index < -0.39 is 0 Å². The molecular formula is C22H30O2S2. The molecular weight excluding hydrogens is 360 g/mol. The van der Waals surface area contributed by atoms with E-state index in [0.717, 1.165) is 46.6 Å². The van der Waals surface area contributed by atoms with E-state index in [2.05, 4.69) is 26.0 Å². The van der Waals surface area contributed by atoms with Crippen LogP contribution in [-0.4, -0.2) is 10.2 Å². The maximum atomic E-state index is 10.3. The van der Waals surface area contributed by atoms with Crippen LogP contribution in [0.3, 0.4) is 0 Å². The van der Waals surface area contributed by atoms with Crippen LogP contribution in [0.15, 0.2) is 46.2 Å². The lowest BCUT2D eigenvalue weighted by atomic mass is 10.1. The van der Waals surface area contributed by atoms with Crippen molar-refractivity contribution in [2.75, 3.05) is 0 Å². The molecule has 0 bridgehead atoms. The third-order valence-electron chi connectivity index (χ3n) is 4.50. The number of phenolic OH excluding ortho intramolecular Hbond substituents is 2. The molecule has 2 aromatic rings. The molecule has 0 unspecified atom stereocenters. The van der Waals surface area contributed by atoms with Crippen LogP contribution < -0.4 is 0 Å². The van der Waals surface area contributed by atoms with E-state index in [1.807, 2.05) is 12.1 Å². The summed E-state index contributed by atoms with van der Waals surface area (Å²) in [7, 11) is 3.36. The van der Waals surface area contributed by atoms with E-state index >= 15 is 0 Å². The van der Waals surface area contributed by atoms with Gasteiger partial charge in [-0.3, -0.25) is 0 Å². The van der Waals surface area contributed by atoms with Gasteiger partial charge in [-0.15, -0.1) is 0 Å². The number of aromatic hydroxyl groups is 2. The lowest BCUT2D eigenvalue weighted by Crippen LogP contribution is -1.91. The van der Waals surface area contributed by atoms with Crippen LogP contribution in [0.4, 0.5) is 0 Å². The van der Waals surface area contributed by atoms with Gasteiger partial charge < -0.3 is 10.2 Å². The minimum Gasteiger partial charge on any atom is -0.508 e. The number of hydrogen-bond donors (Lipinski definition) is 2. The van der Waals surface area contributed by atoms with Crippen LogP contribution in [0.5, 0.6) is 11.5 Å². The fraction of sp³-hybridized carbons (Fsp3) is 0.455. The molecule has 0 fully saturated rings. The van der Waals surface area contributed by atoms with Crippen molar-refractivity contribution in [2.24, 2.45) is 0 Å². The second-order valence-corrected chi connectivity index (χ2v) is 8.80. The monoisotopic (exact) mass is 390 g/mol. The maximum Gasteiger partial charge on any atom is 0.119 e. The van der Waals surface area contributed by atoms with Crippen LogP contribution in [0, 0.1) is 0 Å². The average Bonchev–Trinajstić information content (AvgIpc) is 2.64. The molecule has 2 aromatic carbocycles. The maximum absolute atomic E-state index is 10.3. The molecule has 0 heterocycles. The van der Waals surface area contributed by atoms with Gasteiger partial charge in [0.15, 0.2) is 0 Å². The van der Waals surface area contributed by atoms with Crippen LogP contribution in [-0.2, 0) is 12.8 Å². The highest BCUT2D eigenvalue weighted by Crippen LogP contribution is 2.44. The highest BCUT2D eigenvalue weighted by atomic mass is 33.1. The summed E-state index contributed by atoms with van der Waals surface area (Å²) in [5.74, 6) is 0.788. The fourth-order valence-electron chi connectivity index (χ4n) is 2.96. The van der Waals surface area contributed by atoms with Crippen LogP contribution >= 0.6 is 21.6 Å². The van der Waals surface area contributed by atoms with Gasteiger partial charge in [-0.05, 0) is 49.9 Å². The zero-order valence-electron chi connectivity index (χ0n) is 15.8. The Morgan fingerprint density at radius 2 is 1.08 bits per heavy atom. The zero-order valence-corrected chi connectivity index (χ0v) is 17.5. The first-order valence-electron chi connectivity index (χ1n) is 9.63. The Kier molecular flexibility index (Phi) is 9.27. The molecule has 142 valence electrons. The summed E-state index contributed by atoms with van der Waals surface area (Å²) < 4.78 is 0. The molecule has 2 rings (SSSR count). The van der Waals surface area contributed by atoms with Gasteiger partial charge in [-0.1, -0.05) is 73.3 Å². The molecule has 2 nitrogen and oxygen atoms in total. The second kappa shape index (κ2) is 11.5. The molecule has 0 aliphatic carbocycles. The summed E-state index contributed by atoms with van der Waals surface area (Å²) in [5.41, 5.74) is 2.09. The van der Waals surface area contributed by atoms with E-state index in [1.54, 1.807) is 33.7 Å². The second-order valence-electron chi connectivity index (χ2n) is 6.59. The van der Waals surface area contributed by atoms with Crippen molar-refractivity contribution in [3.8, 4) is 11.5 Å². The molecule has 2 N–H and O–H groups in total. The van der Waals surface area contributed by atoms with Crippen LogP contribution in [0.25, 0.3) is 0 Å². The predicted octanol–water partition coefficient (Wildman–Crippen LogP) is 7.36. The molecule has 4 heteroatoms. The van der Waals surface area contributed by atoms with Crippen molar-refractivity contribution < 1.29 is 10.2 Å². The third kappa shape index (κ3) is 6.17. The third-order valence-corrected chi connectivity index (χ3v) is 7.03. The summed E-state index contributed by atoms with van der Waals surface area (Å²) in [6.45, 7) is 4.39. The molecule has 0 atom stereocenters. The molecule has 0 aliphatic rings. The molecule has 0 aliphatic heterocycles. The lowest BCUT2D eigenvalue weighted by molar-refractivity contribution is 0.463. The molecule has 0 saturated carbocycles. The Bertz CT molecular complexity index is 626. The van der Waals surface area contributed by atoms with Gasteiger partial charge in [0.1, 0.15) is 11.5 Å². The number of hydrogen-bond acceptors (Lipinski definition) is 4. The quantitative estimate of drug-likeness (QED) is 0.310. The number of phenols is 2. The Labute approximate surface area is 165 Å². The topological polar surface area (TPSA) is 40.5 Å². The fourth-order valence-corrected chi connectivity index (χ4v) is 5.50. The summed E-state index contributed by atoms with van der Waals surface area (Å²) in [5, 5.41) is 20.5. The van der Waals surface area contributed by atoms with Crippen LogP contribution in [0.1, 0.15) is 63.5 Å². The van der Waals surface area contributed by atoms with E-state index in [0.29, 0.717) is 11.5 Å². The van der Waals surface area contributed by atoms with Crippen molar-refractivity contribution in [1.29, 1.82) is 0 Å². The predicted molar refractivity (Wildman–Crippen MR) is 114 cm³/mol. The van der Waals surface area contributed by atoms with Gasteiger partial charge in [0.05, 0.1) is 0 Å². The average molecular weight is 391 g/mol. The van der Waals surface area contributed by atoms with Gasteiger partial charge in [0, 0.05) is 20.9 Å². The Morgan fingerprint density at radius 1 is 0.654 bits per heavy atom. The number of unbranched alkanes of at least 4 members (excludes halogenated alkanes) is 4. The van der Waals surface area contributed by atoms with Gasteiger partial charge in [0.2, 0.25) is 0 Å². The largest absolute Gasteiger partial charge is 0.508 e. The van der Waals surface area contributed by atoms with Crippen molar-refractivity contribution in [2.45, 2.75) is 75.0 Å². The van der Waals surface area contributed by atoms with Crippen molar-refractivity contribution in [1.82, 2.24) is 0 Å². The first-order chi connectivity index (χ1) is 12.7. The van der Waals surface area contributed by atoms with Gasteiger partial charge in [-0.2, -0.15) is 0 Å². The normalized spacial score (nSPS) is 11.0. The molecule has 0 amide bonds. The van der Waals surface area contributed by atoms with Gasteiger partial charge in [-0.25, -0.2) is 0 Å². The lowest BCUT2D eigenvalue weighted by Gasteiger charge is -2.13. The van der Waals surface area contributed by atoms with E-state index in [4.69, 9.17) is 0 Å². The minimum atomic E-state index is 0.394. The SMILES string of the molecule is CCCCCc1c(O)cccc1SSc1cccc(O)c1CCCCC. The minimum absolute atomic E-state index is 0.394. The van der Waals surface area contributed by atoms with Crippen molar-refractivity contribution in [3.05, 3.63) is 47.5 Å². The van der Waals surface area contributed by atoms with E-state index in [1.165, 1.54) is 25.7 Å². The van der Waals surface area contributed by atoms with E-state index in [-0.39, 0.29) is 0 Å². The summed E-state index contributed by atoms with van der Waals surface area (Å²) in [6, 6.07) is 11.5. The summed E-state index contributed by atoms with van der Waals surface area (Å²) in [4.78, 5) is 2.24.